The predicted octanol–water partition coefficient (Wildman–Crippen LogP) is 0.807. The minimum atomic E-state index is 0.157. The van der Waals surface area contributed by atoms with E-state index in [-0.39, 0.29) is 5.84 Å². The molecule has 3 rings (SSSR count). The van der Waals surface area contributed by atoms with Crippen molar-refractivity contribution in [2.24, 2.45) is 10.9 Å². The molecule has 0 amide bonds. The van der Waals surface area contributed by atoms with Crippen molar-refractivity contribution in [1.29, 1.82) is 0 Å². The zero-order valence-corrected chi connectivity index (χ0v) is 12.5. The maximum Gasteiger partial charge on any atom is 0.173 e. The molecule has 1 fully saturated rings. The average Bonchev–Trinajstić information content (AvgIpc) is 2.85. The van der Waals surface area contributed by atoms with Gasteiger partial charge in [0.05, 0.1) is 5.56 Å². The highest BCUT2D eigenvalue weighted by atomic mass is 16.4. The summed E-state index contributed by atoms with van der Waals surface area (Å²) in [6.45, 7) is 3.99. The first-order valence-electron chi connectivity index (χ1n) is 7.63. The van der Waals surface area contributed by atoms with Crippen LogP contribution >= 0.6 is 0 Å². The Morgan fingerprint density at radius 1 is 1.24 bits per heavy atom. The summed E-state index contributed by atoms with van der Waals surface area (Å²) in [6, 6.07) is 2.06. The zero-order chi connectivity index (χ0) is 14.8. The second-order valence-electron chi connectivity index (χ2n) is 5.95. The number of nitrogens with two attached hydrogens (primary N) is 1. The van der Waals surface area contributed by atoms with E-state index in [2.05, 4.69) is 28.1 Å². The molecule has 3 N–H and O–H groups in total. The highest BCUT2D eigenvalue weighted by molar-refractivity contribution is 6.01. The quantitative estimate of drug-likeness (QED) is 0.364. The molecule has 2 heterocycles. The van der Waals surface area contributed by atoms with Gasteiger partial charge in [-0.3, -0.25) is 0 Å². The minimum absolute atomic E-state index is 0.157. The van der Waals surface area contributed by atoms with Crippen molar-refractivity contribution in [2.75, 3.05) is 38.1 Å². The van der Waals surface area contributed by atoms with Crippen molar-refractivity contribution >= 4 is 11.7 Å². The molecule has 1 aliphatic carbocycles. The molecule has 0 radical (unpaired) electrons. The van der Waals surface area contributed by atoms with Gasteiger partial charge in [0.2, 0.25) is 0 Å². The summed E-state index contributed by atoms with van der Waals surface area (Å²) in [5.74, 6) is 1.03. The van der Waals surface area contributed by atoms with Gasteiger partial charge in [0.1, 0.15) is 5.82 Å². The van der Waals surface area contributed by atoms with Crippen LogP contribution in [0.4, 0.5) is 5.82 Å². The van der Waals surface area contributed by atoms with E-state index in [1.807, 2.05) is 0 Å². The van der Waals surface area contributed by atoms with Gasteiger partial charge in [0.15, 0.2) is 5.84 Å². The number of oxime groups is 1. The molecule has 21 heavy (non-hydrogen) atoms. The van der Waals surface area contributed by atoms with Crippen LogP contribution in [0.1, 0.15) is 29.7 Å². The number of hydrogen-bond acceptors (Lipinski definition) is 5. The fourth-order valence-electron chi connectivity index (χ4n) is 3.20. The number of aromatic nitrogens is 1. The fraction of sp³-hybridized carbons (Fsp3) is 0.600. The number of amidine groups is 1. The number of rotatable bonds is 2. The lowest BCUT2D eigenvalue weighted by Gasteiger charge is -2.24. The number of fused-ring (bicyclic) bond motifs is 1. The number of aryl methyl sites for hydroxylation is 2. The first-order chi connectivity index (χ1) is 10.2. The molecular weight excluding hydrogens is 266 g/mol. The lowest BCUT2D eigenvalue weighted by molar-refractivity contribution is 0.318. The van der Waals surface area contributed by atoms with Crippen molar-refractivity contribution in [2.45, 2.75) is 25.7 Å². The molecule has 114 valence electrons. The fourth-order valence-corrected chi connectivity index (χ4v) is 3.20. The molecular formula is C15H23N5O. The molecule has 1 aromatic rings. The van der Waals surface area contributed by atoms with Crippen LogP contribution in [0.15, 0.2) is 11.2 Å². The Hall–Kier alpha value is -1.82. The second-order valence-corrected chi connectivity index (χ2v) is 5.95. The van der Waals surface area contributed by atoms with Gasteiger partial charge in [-0.15, -0.1) is 0 Å². The summed E-state index contributed by atoms with van der Waals surface area (Å²) in [5, 5.41) is 12.3. The van der Waals surface area contributed by atoms with Gasteiger partial charge in [0, 0.05) is 25.3 Å². The molecule has 0 bridgehead atoms. The van der Waals surface area contributed by atoms with Gasteiger partial charge in [-0.2, -0.15) is 0 Å². The molecule has 1 aliphatic heterocycles. The number of hydrogen-bond donors (Lipinski definition) is 2. The lowest BCUT2D eigenvalue weighted by atomic mass is 10.1. The summed E-state index contributed by atoms with van der Waals surface area (Å²) in [6.07, 6.45) is 4.32. The number of anilines is 1. The highest BCUT2D eigenvalue weighted by Crippen LogP contribution is 2.28. The zero-order valence-electron chi connectivity index (χ0n) is 12.5. The standard InChI is InChI=1S/C15H23N5O/c1-19-6-3-7-20(9-8-19)15-12(14(16)18-21)10-11-4-2-5-13(11)17-15/h10,21H,2-9H2,1H3,(H2,16,18). The van der Waals surface area contributed by atoms with Crippen LogP contribution in [0.3, 0.4) is 0 Å². The van der Waals surface area contributed by atoms with Crippen LogP contribution in [0.5, 0.6) is 0 Å². The second kappa shape index (κ2) is 5.89. The van der Waals surface area contributed by atoms with Crippen LogP contribution in [-0.4, -0.2) is 54.2 Å². The van der Waals surface area contributed by atoms with Crippen molar-refractivity contribution in [3.8, 4) is 0 Å². The SMILES string of the molecule is CN1CCCN(c2nc3c(cc2C(N)=NO)CCC3)CC1. The molecule has 2 aliphatic rings. The molecule has 0 saturated carbocycles. The Morgan fingerprint density at radius 3 is 2.90 bits per heavy atom. The van der Waals surface area contributed by atoms with E-state index in [4.69, 9.17) is 15.9 Å². The maximum absolute atomic E-state index is 9.07. The summed E-state index contributed by atoms with van der Waals surface area (Å²) in [7, 11) is 2.14. The first kappa shape index (κ1) is 14.1. The molecule has 0 spiro atoms. The predicted molar refractivity (Wildman–Crippen MR) is 83.1 cm³/mol. The Balaban J connectivity index is 1.99. The van der Waals surface area contributed by atoms with Crippen LogP contribution in [0.2, 0.25) is 0 Å². The van der Waals surface area contributed by atoms with Crippen LogP contribution in [0, 0.1) is 0 Å². The normalized spacial score (nSPS) is 20.4. The van der Waals surface area contributed by atoms with Gasteiger partial charge in [-0.1, -0.05) is 5.16 Å². The highest BCUT2D eigenvalue weighted by Gasteiger charge is 2.23. The number of pyridine rings is 1. The molecule has 0 unspecified atom stereocenters. The van der Waals surface area contributed by atoms with E-state index in [9.17, 15) is 0 Å². The number of likely N-dealkylation sites (N-methyl/N-ethyl adjacent to an activating group) is 1. The molecule has 1 aromatic heterocycles. The monoisotopic (exact) mass is 289 g/mol. The third-order valence-corrected chi connectivity index (χ3v) is 4.43. The number of nitrogens with zero attached hydrogens (tertiary/aromatic N) is 4. The van der Waals surface area contributed by atoms with Crippen LogP contribution in [-0.2, 0) is 12.8 Å². The first-order valence-corrected chi connectivity index (χ1v) is 7.63. The Bertz CT molecular complexity index is 557. The van der Waals surface area contributed by atoms with Crippen molar-refractivity contribution in [1.82, 2.24) is 9.88 Å². The van der Waals surface area contributed by atoms with E-state index >= 15 is 0 Å². The van der Waals surface area contributed by atoms with E-state index in [1.54, 1.807) is 0 Å². The van der Waals surface area contributed by atoms with Gasteiger partial charge >= 0.3 is 0 Å². The van der Waals surface area contributed by atoms with E-state index in [0.29, 0.717) is 0 Å². The Labute approximate surface area is 125 Å². The van der Waals surface area contributed by atoms with Crippen molar-refractivity contribution in [3.63, 3.8) is 0 Å². The summed E-state index contributed by atoms with van der Waals surface area (Å²) < 4.78 is 0. The van der Waals surface area contributed by atoms with Crippen LogP contribution < -0.4 is 10.6 Å². The molecule has 6 heteroatoms. The summed E-state index contributed by atoms with van der Waals surface area (Å²) in [4.78, 5) is 9.45. The average molecular weight is 289 g/mol. The summed E-state index contributed by atoms with van der Waals surface area (Å²) in [5.41, 5.74) is 9.07. The van der Waals surface area contributed by atoms with E-state index in [1.165, 1.54) is 11.3 Å². The van der Waals surface area contributed by atoms with Gasteiger partial charge in [0.25, 0.3) is 0 Å². The largest absolute Gasteiger partial charge is 0.409 e. The third-order valence-electron chi connectivity index (χ3n) is 4.43. The Morgan fingerprint density at radius 2 is 2.10 bits per heavy atom. The molecule has 6 nitrogen and oxygen atoms in total. The van der Waals surface area contributed by atoms with Crippen molar-refractivity contribution in [3.05, 3.63) is 22.9 Å². The van der Waals surface area contributed by atoms with Gasteiger partial charge in [-0.05, 0) is 50.9 Å². The third kappa shape index (κ3) is 2.81. The molecule has 0 atom stereocenters. The van der Waals surface area contributed by atoms with Crippen LogP contribution in [0.25, 0.3) is 0 Å². The van der Waals surface area contributed by atoms with E-state index in [0.717, 1.165) is 63.2 Å². The topological polar surface area (TPSA) is 78.0 Å². The lowest BCUT2D eigenvalue weighted by Crippen LogP contribution is -2.32. The van der Waals surface area contributed by atoms with E-state index < -0.39 is 0 Å². The van der Waals surface area contributed by atoms with Gasteiger partial charge in [-0.25, -0.2) is 4.98 Å². The maximum atomic E-state index is 9.07. The Kier molecular flexibility index (Phi) is 3.96. The van der Waals surface area contributed by atoms with Gasteiger partial charge < -0.3 is 20.7 Å². The summed E-state index contributed by atoms with van der Waals surface area (Å²) >= 11 is 0. The molecule has 0 aromatic carbocycles. The smallest absolute Gasteiger partial charge is 0.173 e. The molecule has 1 saturated heterocycles. The van der Waals surface area contributed by atoms with Crippen molar-refractivity contribution < 1.29 is 5.21 Å². The minimum Gasteiger partial charge on any atom is -0.409 e.